The van der Waals surface area contributed by atoms with Gasteiger partial charge in [0.05, 0.1) is 0 Å². The van der Waals surface area contributed by atoms with Crippen LogP contribution >= 0.6 is 0 Å². The molecule has 0 unspecified atom stereocenters. The number of aromatic nitrogens is 1. The second-order valence-corrected chi connectivity index (χ2v) is 4.00. The Morgan fingerprint density at radius 3 is 2.75 bits per heavy atom. The molecule has 0 amide bonds. The van der Waals surface area contributed by atoms with E-state index in [-0.39, 0.29) is 12.1 Å². The first kappa shape index (κ1) is 10.9. The predicted molar refractivity (Wildman–Crippen MR) is 66.6 cm³/mol. The molecule has 1 aromatic carbocycles. The number of pyridine rings is 1. The Morgan fingerprint density at radius 1 is 1.38 bits per heavy atom. The molecule has 3 heteroatoms. The van der Waals surface area contributed by atoms with Crippen LogP contribution in [0.1, 0.15) is 23.6 Å². The number of fused-ring (bicyclic) bond motifs is 1. The fraction of sp³-hybridized carbons (Fsp3) is 0.308. The maximum Gasteiger partial charge on any atom is 0.253 e. The van der Waals surface area contributed by atoms with Crippen LogP contribution in [0, 0.1) is 6.92 Å². The van der Waals surface area contributed by atoms with Crippen LogP contribution in [0.3, 0.4) is 0 Å². The second kappa shape index (κ2) is 4.10. The van der Waals surface area contributed by atoms with Crippen LogP contribution in [0.5, 0.6) is 0 Å². The first-order valence-electron chi connectivity index (χ1n) is 5.51. The van der Waals surface area contributed by atoms with Crippen LogP contribution in [-0.2, 0) is 13.0 Å². The van der Waals surface area contributed by atoms with Crippen LogP contribution in [-0.4, -0.2) is 4.98 Å². The van der Waals surface area contributed by atoms with Crippen molar-refractivity contribution in [2.75, 3.05) is 0 Å². The number of nitrogens with one attached hydrogen (secondary N) is 1. The van der Waals surface area contributed by atoms with Crippen LogP contribution in [0.2, 0.25) is 0 Å². The van der Waals surface area contributed by atoms with E-state index in [1.54, 1.807) is 0 Å². The van der Waals surface area contributed by atoms with Gasteiger partial charge in [-0.3, -0.25) is 4.79 Å². The topological polar surface area (TPSA) is 58.9 Å². The van der Waals surface area contributed by atoms with Gasteiger partial charge in [0.15, 0.2) is 0 Å². The van der Waals surface area contributed by atoms with E-state index in [0.717, 1.165) is 22.9 Å². The lowest BCUT2D eigenvalue weighted by atomic mass is 10.0. The Balaban J connectivity index is 2.84. The summed E-state index contributed by atoms with van der Waals surface area (Å²) in [5.41, 5.74) is 9.35. The summed E-state index contributed by atoms with van der Waals surface area (Å²) in [5.74, 6) is 0. The smallest absolute Gasteiger partial charge is 0.253 e. The summed E-state index contributed by atoms with van der Waals surface area (Å²) in [6.45, 7) is 4.36. The van der Waals surface area contributed by atoms with E-state index >= 15 is 0 Å². The van der Waals surface area contributed by atoms with E-state index in [2.05, 4.69) is 18.0 Å². The number of hydrogen-bond acceptors (Lipinski definition) is 2. The number of benzene rings is 1. The van der Waals surface area contributed by atoms with Crippen LogP contribution in [0.15, 0.2) is 23.0 Å². The molecule has 2 aromatic rings. The Labute approximate surface area is 94.3 Å². The van der Waals surface area contributed by atoms with Crippen molar-refractivity contribution in [3.63, 3.8) is 0 Å². The minimum atomic E-state index is -0.0725. The molecule has 0 fully saturated rings. The molecular weight excluding hydrogens is 200 g/mol. The second-order valence-electron chi connectivity index (χ2n) is 4.00. The molecular formula is C13H16N2O. The van der Waals surface area contributed by atoms with E-state index in [9.17, 15) is 4.79 Å². The van der Waals surface area contributed by atoms with Crippen molar-refractivity contribution >= 4 is 10.9 Å². The molecule has 0 radical (unpaired) electrons. The van der Waals surface area contributed by atoms with Gasteiger partial charge in [0.25, 0.3) is 5.56 Å². The van der Waals surface area contributed by atoms with Crippen molar-refractivity contribution < 1.29 is 0 Å². The lowest BCUT2D eigenvalue weighted by molar-refractivity contribution is 1.01. The highest BCUT2D eigenvalue weighted by atomic mass is 16.1. The number of aryl methyl sites for hydroxylation is 2. The van der Waals surface area contributed by atoms with Crippen molar-refractivity contribution in [2.45, 2.75) is 26.8 Å². The van der Waals surface area contributed by atoms with E-state index in [0.29, 0.717) is 5.56 Å². The third-order valence-electron chi connectivity index (χ3n) is 3.08. The summed E-state index contributed by atoms with van der Waals surface area (Å²) in [7, 11) is 0. The van der Waals surface area contributed by atoms with E-state index in [1.807, 2.05) is 19.1 Å². The zero-order valence-electron chi connectivity index (χ0n) is 9.63. The molecule has 3 N–H and O–H groups in total. The Kier molecular flexibility index (Phi) is 2.79. The van der Waals surface area contributed by atoms with Gasteiger partial charge in [0.1, 0.15) is 0 Å². The Bertz CT molecular complexity index is 584. The summed E-state index contributed by atoms with van der Waals surface area (Å²) in [6, 6.07) is 6.13. The van der Waals surface area contributed by atoms with Gasteiger partial charge in [-0.2, -0.15) is 0 Å². The highest BCUT2D eigenvalue weighted by molar-refractivity contribution is 5.83. The van der Waals surface area contributed by atoms with Gasteiger partial charge in [-0.05, 0) is 36.6 Å². The van der Waals surface area contributed by atoms with Crippen LogP contribution in [0.4, 0.5) is 0 Å². The average Bonchev–Trinajstić information content (AvgIpc) is 2.29. The largest absolute Gasteiger partial charge is 0.326 e. The van der Waals surface area contributed by atoms with Crippen LogP contribution < -0.4 is 11.3 Å². The maximum atomic E-state index is 11.7. The molecule has 0 saturated carbocycles. The normalized spacial score (nSPS) is 10.9. The van der Waals surface area contributed by atoms with Crippen molar-refractivity contribution in [3.05, 3.63) is 45.2 Å². The molecule has 0 aliphatic carbocycles. The molecule has 0 saturated heterocycles. The van der Waals surface area contributed by atoms with Gasteiger partial charge < -0.3 is 10.7 Å². The molecule has 2 rings (SSSR count). The number of H-pyrrole nitrogens is 1. The Hall–Kier alpha value is -1.61. The van der Waals surface area contributed by atoms with Crippen LogP contribution in [0.25, 0.3) is 10.9 Å². The monoisotopic (exact) mass is 216 g/mol. The number of rotatable bonds is 2. The van der Waals surface area contributed by atoms with E-state index in [1.165, 1.54) is 5.56 Å². The summed E-state index contributed by atoms with van der Waals surface area (Å²) in [5, 5.41) is 1.10. The minimum Gasteiger partial charge on any atom is -0.326 e. The lowest BCUT2D eigenvalue weighted by Gasteiger charge is -2.08. The fourth-order valence-corrected chi connectivity index (χ4v) is 2.01. The average molecular weight is 216 g/mol. The predicted octanol–water partition coefficient (Wildman–Crippen LogP) is 1.86. The minimum absolute atomic E-state index is 0.0725. The standard InChI is InChI=1S/C13H16N2O/c1-3-9-4-5-12-10(6-9)8(2)11(7-14)13(16)15-12/h4-6H,3,7,14H2,1-2H3,(H,15,16). The molecule has 0 aliphatic rings. The third-order valence-corrected chi connectivity index (χ3v) is 3.08. The van der Waals surface area contributed by atoms with Gasteiger partial charge >= 0.3 is 0 Å². The third kappa shape index (κ3) is 1.63. The van der Waals surface area contributed by atoms with Gasteiger partial charge in [-0.25, -0.2) is 0 Å². The summed E-state index contributed by atoms with van der Waals surface area (Å²) >= 11 is 0. The van der Waals surface area contributed by atoms with Gasteiger partial charge in [0.2, 0.25) is 0 Å². The SMILES string of the molecule is CCc1ccc2[nH]c(=O)c(CN)c(C)c2c1. The molecule has 84 valence electrons. The molecule has 3 nitrogen and oxygen atoms in total. The summed E-state index contributed by atoms with van der Waals surface area (Å²) < 4.78 is 0. The molecule has 0 atom stereocenters. The zero-order chi connectivity index (χ0) is 11.7. The van der Waals surface area contributed by atoms with E-state index in [4.69, 9.17) is 5.73 Å². The number of nitrogens with two attached hydrogens (primary N) is 1. The lowest BCUT2D eigenvalue weighted by Crippen LogP contribution is -2.18. The highest BCUT2D eigenvalue weighted by Crippen LogP contribution is 2.19. The van der Waals surface area contributed by atoms with Crippen molar-refractivity contribution in [1.29, 1.82) is 0 Å². The first-order valence-corrected chi connectivity index (χ1v) is 5.51. The van der Waals surface area contributed by atoms with Gasteiger partial charge in [-0.1, -0.05) is 13.0 Å². The summed E-state index contributed by atoms with van der Waals surface area (Å²) in [6.07, 6.45) is 0.993. The van der Waals surface area contributed by atoms with E-state index < -0.39 is 0 Å². The molecule has 0 bridgehead atoms. The quantitative estimate of drug-likeness (QED) is 0.805. The van der Waals surface area contributed by atoms with Crippen molar-refractivity contribution in [1.82, 2.24) is 4.98 Å². The number of hydrogen-bond donors (Lipinski definition) is 2. The molecule has 16 heavy (non-hydrogen) atoms. The van der Waals surface area contributed by atoms with Gasteiger partial charge in [0, 0.05) is 23.0 Å². The maximum absolute atomic E-state index is 11.7. The molecule has 0 aliphatic heterocycles. The fourth-order valence-electron chi connectivity index (χ4n) is 2.01. The zero-order valence-corrected chi connectivity index (χ0v) is 9.63. The van der Waals surface area contributed by atoms with Crippen molar-refractivity contribution in [2.24, 2.45) is 5.73 Å². The summed E-state index contributed by atoms with van der Waals surface area (Å²) in [4.78, 5) is 14.6. The Morgan fingerprint density at radius 2 is 2.12 bits per heavy atom. The highest BCUT2D eigenvalue weighted by Gasteiger charge is 2.07. The van der Waals surface area contributed by atoms with Crippen molar-refractivity contribution in [3.8, 4) is 0 Å². The molecule has 1 aromatic heterocycles. The first-order chi connectivity index (χ1) is 7.67. The molecule has 0 spiro atoms. The molecule has 1 heterocycles. The number of aromatic amines is 1. The van der Waals surface area contributed by atoms with Gasteiger partial charge in [-0.15, -0.1) is 0 Å².